The largest absolute Gasteiger partial charge is 0.507 e. The number of nitrogens with one attached hydrogen (secondary N) is 2. The number of H-pyrrole nitrogens is 2. The van der Waals surface area contributed by atoms with Crippen LogP contribution in [0.2, 0.25) is 0 Å². The van der Waals surface area contributed by atoms with Crippen LogP contribution >= 0.6 is 0 Å². The molecule has 4 aromatic heterocycles. The molecule has 0 amide bonds. The van der Waals surface area contributed by atoms with Crippen molar-refractivity contribution in [3.8, 4) is 11.5 Å². The van der Waals surface area contributed by atoms with Gasteiger partial charge in [-0.3, -0.25) is 28.8 Å². The standard InChI is InChI=1S/C44H26N4O8/c1-15-13-21(49)45-35-23(15)39(51)27-25-17-9-5-7-11-19(17)47(3)37(25)33-31(29(27)43(35)55)41(53)32-30-28(40(52)24-16(2)14-22(50)46-36(24)44(30)56)26-18-10-6-8-12-20(18)48(4)38(26)34(32)42(33)54/h5-14,51,55H,1-4H3,(H,45,49)(H,46,50). The third-order valence-electron chi connectivity index (χ3n) is 11.9. The monoisotopic (exact) mass is 738 g/mol. The Morgan fingerprint density at radius 1 is 0.446 bits per heavy atom. The number of fused-ring (bicyclic) bond motifs is 18. The molecule has 12 nitrogen and oxygen atoms in total. The zero-order valence-corrected chi connectivity index (χ0v) is 30.0. The molecule has 0 bridgehead atoms. The van der Waals surface area contributed by atoms with Gasteiger partial charge in [-0.15, -0.1) is 0 Å². The molecule has 0 aliphatic heterocycles. The Bertz CT molecular complexity index is 4140. The van der Waals surface area contributed by atoms with Crippen LogP contribution in [-0.4, -0.2) is 29.3 Å². The van der Waals surface area contributed by atoms with Crippen LogP contribution in [-0.2, 0) is 14.1 Å². The van der Waals surface area contributed by atoms with Gasteiger partial charge in [0.1, 0.15) is 17.0 Å². The Morgan fingerprint density at radius 2 is 0.857 bits per heavy atom. The molecule has 11 rings (SSSR count). The molecule has 0 atom stereocenters. The predicted octanol–water partition coefficient (Wildman–Crippen LogP) is 5.62. The number of pyridine rings is 2. The van der Waals surface area contributed by atoms with E-state index in [1.54, 1.807) is 61.3 Å². The maximum absolute atomic E-state index is 15.7. The number of para-hydroxylation sites is 2. The molecule has 56 heavy (non-hydrogen) atoms. The van der Waals surface area contributed by atoms with E-state index in [4.69, 9.17) is 0 Å². The molecule has 0 spiro atoms. The summed E-state index contributed by atoms with van der Waals surface area (Å²) in [4.78, 5) is 91.9. The molecule has 0 aliphatic carbocycles. The predicted molar refractivity (Wildman–Crippen MR) is 221 cm³/mol. The minimum Gasteiger partial charge on any atom is -0.507 e. The molecule has 0 aliphatic rings. The zero-order chi connectivity index (χ0) is 39.0. The van der Waals surface area contributed by atoms with E-state index in [1.807, 2.05) is 24.3 Å². The number of rotatable bonds is 0. The van der Waals surface area contributed by atoms with Crippen molar-refractivity contribution in [3.05, 3.63) is 133 Å². The highest BCUT2D eigenvalue weighted by Crippen LogP contribution is 2.50. The maximum atomic E-state index is 15.7. The molecule has 4 heterocycles. The highest BCUT2D eigenvalue weighted by molar-refractivity contribution is 6.40. The Balaban J connectivity index is 1.61. The molecule has 7 aromatic carbocycles. The van der Waals surface area contributed by atoms with Crippen LogP contribution in [0.1, 0.15) is 11.1 Å². The van der Waals surface area contributed by atoms with Crippen molar-refractivity contribution in [2.45, 2.75) is 13.8 Å². The summed E-state index contributed by atoms with van der Waals surface area (Å²) in [5, 5.41) is 25.1. The molecular weight excluding hydrogens is 713 g/mol. The molecule has 0 saturated carbocycles. The Hall–Kier alpha value is -7.60. The fourth-order valence-corrected chi connectivity index (χ4v) is 9.76. The highest BCUT2D eigenvalue weighted by Gasteiger charge is 2.32. The lowest BCUT2D eigenvalue weighted by atomic mass is 9.87. The number of aromatic hydroxyl groups is 2. The summed E-state index contributed by atoms with van der Waals surface area (Å²) in [6.45, 7) is 3.17. The fraction of sp³-hybridized carbons (Fsp3) is 0.0909. The number of hydrogen-bond acceptors (Lipinski definition) is 8. The van der Waals surface area contributed by atoms with Gasteiger partial charge in [-0.2, -0.15) is 0 Å². The summed E-state index contributed by atoms with van der Waals surface area (Å²) in [5.41, 5.74) is -2.11. The summed E-state index contributed by atoms with van der Waals surface area (Å²) in [5.74, 6) is -0.896. The van der Waals surface area contributed by atoms with E-state index >= 15 is 9.59 Å². The molecule has 0 radical (unpaired) electrons. The summed E-state index contributed by atoms with van der Waals surface area (Å²) in [6, 6.07) is 16.9. The third kappa shape index (κ3) is 3.45. The first kappa shape index (κ1) is 31.9. The minimum atomic E-state index is -0.862. The number of phenolic OH excluding ortho intramolecular Hbond substituents is 2. The van der Waals surface area contributed by atoms with Crippen LogP contribution in [0.4, 0.5) is 0 Å². The first-order valence-electron chi connectivity index (χ1n) is 17.8. The SMILES string of the molecule is Cc1cc(=O)[nH]c2c(O)c3c(c(O)c12)c1c2ccccc2n(C)c1c1c(=O)c2c(c(=O)c31)c1c(=O)c3[nH]c(=O)cc(C)c3c(=O)c1c1c3ccccc3n(C)c21. The van der Waals surface area contributed by atoms with Gasteiger partial charge in [-0.05, 0) is 37.1 Å². The number of aryl methyl sites for hydroxylation is 4. The van der Waals surface area contributed by atoms with Crippen molar-refractivity contribution in [1.82, 2.24) is 19.1 Å². The van der Waals surface area contributed by atoms with Crippen LogP contribution in [0.3, 0.4) is 0 Å². The van der Waals surface area contributed by atoms with Crippen molar-refractivity contribution in [3.63, 3.8) is 0 Å². The van der Waals surface area contributed by atoms with Gasteiger partial charge in [0.2, 0.25) is 16.5 Å². The molecule has 0 saturated heterocycles. The average Bonchev–Trinajstić information content (AvgIpc) is 3.63. The quantitative estimate of drug-likeness (QED) is 0.0878. The lowest BCUT2D eigenvalue weighted by Crippen LogP contribution is -2.23. The molecule has 0 fully saturated rings. The fourth-order valence-electron chi connectivity index (χ4n) is 9.76. The topological polar surface area (TPSA) is 184 Å². The first-order valence-corrected chi connectivity index (χ1v) is 17.8. The van der Waals surface area contributed by atoms with Crippen molar-refractivity contribution in [2.75, 3.05) is 0 Å². The van der Waals surface area contributed by atoms with Crippen LogP contribution in [0.15, 0.2) is 89.4 Å². The lowest BCUT2D eigenvalue weighted by molar-refractivity contribution is 0.478. The Labute approximate surface area is 310 Å². The minimum absolute atomic E-state index is 0.0118. The number of aromatic amines is 2. The number of hydrogen-bond donors (Lipinski definition) is 4. The normalized spacial score (nSPS) is 12.5. The highest BCUT2D eigenvalue weighted by atomic mass is 16.3. The van der Waals surface area contributed by atoms with Gasteiger partial charge in [-0.1, -0.05) is 36.4 Å². The summed E-state index contributed by atoms with van der Waals surface area (Å²) < 4.78 is 3.49. The number of nitrogens with zero attached hydrogens (tertiary/aromatic N) is 2. The number of benzene rings is 7. The van der Waals surface area contributed by atoms with E-state index in [1.165, 1.54) is 12.1 Å². The third-order valence-corrected chi connectivity index (χ3v) is 11.9. The van der Waals surface area contributed by atoms with E-state index in [0.717, 1.165) is 0 Å². The number of phenols is 2. The molecule has 270 valence electrons. The summed E-state index contributed by atoms with van der Waals surface area (Å²) in [6.07, 6.45) is 0. The second-order valence-corrected chi connectivity index (χ2v) is 14.7. The van der Waals surface area contributed by atoms with E-state index in [2.05, 4.69) is 9.97 Å². The van der Waals surface area contributed by atoms with Gasteiger partial charge in [0.25, 0.3) is 0 Å². The van der Waals surface area contributed by atoms with E-state index in [-0.39, 0.29) is 81.7 Å². The molecule has 0 unspecified atom stereocenters. The van der Waals surface area contributed by atoms with Gasteiger partial charge in [0.05, 0.1) is 32.7 Å². The van der Waals surface area contributed by atoms with Crippen LogP contribution in [0.25, 0.3) is 109 Å². The van der Waals surface area contributed by atoms with Crippen molar-refractivity contribution in [1.29, 1.82) is 0 Å². The van der Waals surface area contributed by atoms with Crippen LogP contribution < -0.4 is 32.8 Å². The van der Waals surface area contributed by atoms with Gasteiger partial charge < -0.3 is 29.3 Å². The van der Waals surface area contributed by atoms with Gasteiger partial charge >= 0.3 is 0 Å². The average molecular weight is 739 g/mol. The van der Waals surface area contributed by atoms with Crippen LogP contribution in [0, 0.1) is 13.8 Å². The van der Waals surface area contributed by atoms with Crippen LogP contribution in [0.5, 0.6) is 11.5 Å². The summed E-state index contributed by atoms with van der Waals surface area (Å²) >= 11 is 0. The van der Waals surface area contributed by atoms with Gasteiger partial charge in [0, 0.05) is 96.5 Å². The molecular formula is C44H26N4O8. The van der Waals surface area contributed by atoms with E-state index in [0.29, 0.717) is 43.7 Å². The Kier molecular flexibility index (Phi) is 5.76. The van der Waals surface area contributed by atoms with Gasteiger partial charge in [0.15, 0.2) is 16.3 Å². The molecule has 12 heteroatoms. The Morgan fingerprint density at radius 3 is 1.45 bits per heavy atom. The lowest BCUT2D eigenvalue weighted by Gasteiger charge is -2.16. The van der Waals surface area contributed by atoms with E-state index < -0.39 is 38.6 Å². The number of aromatic nitrogens is 4. The van der Waals surface area contributed by atoms with Gasteiger partial charge in [-0.25, -0.2) is 0 Å². The molecule has 4 N–H and O–H groups in total. The van der Waals surface area contributed by atoms with Crippen molar-refractivity contribution in [2.24, 2.45) is 14.1 Å². The van der Waals surface area contributed by atoms with Crippen molar-refractivity contribution >= 4 is 109 Å². The smallest absolute Gasteiger partial charge is 0.248 e. The zero-order valence-electron chi connectivity index (χ0n) is 30.0. The second-order valence-electron chi connectivity index (χ2n) is 14.7. The van der Waals surface area contributed by atoms with E-state index in [9.17, 15) is 29.4 Å². The van der Waals surface area contributed by atoms with Crippen molar-refractivity contribution < 1.29 is 10.2 Å². The maximum Gasteiger partial charge on any atom is 0.248 e. The molecule has 11 aromatic rings. The first-order chi connectivity index (χ1) is 26.8. The summed E-state index contributed by atoms with van der Waals surface area (Å²) in [7, 11) is 3.46. The second kappa shape index (κ2) is 10.1.